The van der Waals surface area contributed by atoms with E-state index in [4.69, 9.17) is 5.73 Å². The fraction of sp³-hybridized carbons (Fsp3) is 0.714. The molecule has 6 nitrogen and oxygen atoms in total. The van der Waals surface area contributed by atoms with Crippen molar-refractivity contribution in [1.29, 1.82) is 0 Å². The summed E-state index contributed by atoms with van der Waals surface area (Å²) in [7, 11) is 0. The van der Waals surface area contributed by atoms with Crippen molar-refractivity contribution >= 4 is 28.2 Å². The molecule has 7 heteroatoms. The van der Waals surface area contributed by atoms with Crippen LogP contribution in [-0.4, -0.2) is 59.5 Å². The fourth-order valence-corrected chi connectivity index (χ4v) is 3.74. The Morgan fingerprint density at radius 2 is 2.19 bits per heavy atom. The zero-order valence-corrected chi connectivity index (χ0v) is 13.9. The predicted molar refractivity (Wildman–Crippen MR) is 87.9 cm³/mol. The SMILES string of the molecule is CCNc1nc(N)c(C(=O)N2CCC(N(CC)CC)C2)s1. The van der Waals surface area contributed by atoms with Crippen molar-refractivity contribution in [3.05, 3.63) is 4.88 Å². The summed E-state index contributed by atoms with van der Waals surface area (Å²) in [4.78, 5) is 21.7. The molecule has 0 aromatic carbocycles. The van der Waals surface area contributed by atoms with E-state index >= 15 is 0 Å². The van der Waals surface area contributed by atoms with E-state index in [1.165, 1.54) is 11.3 Å². The Hall–Kier alpha value is -1.34. The van der Waals surface area contributed by atoms with Gasteiger partial charge in [-0.1, -0.05) is 25.2 Å². The summed E-state index contributed by atoms with van der Waals surface area (Å²) in [6.07, 6.45) is 1.03. The van der Waals surface area contributed by atoms with Gasteiger partial charge in [0.2, 0.25) is 0 Å². The minimum absolute atomic E-state index is 0.0174. The van der Waals surface area contributed by atoms with Gasteiger partial charge < -0.3 is 16.0 Å². The fourth-order valence-electron chi connectivity index (χ4n) is 2.82. The van der Waals surface area contributed by atoms with E-state index in [1.54, 1.807) is 0 Å². The van der Waals surface area contributed by atoms with Gasteiger partial charge in [-0.05, 0) is 26.4 Å². The van der Waals surface area contributed by atoms with E-state index in [-0.39, 0.29) is 5.91 Å². The first kappa shape index (κ1) is 16.0. The van der Waals surface area contributed by atoms with Crippen LogP contribution < -0.4 is 11.1 Å². The first-order chi connectivity index (χ1) is 10.1. The van der Waals surface area contributed by atoms with Gasteiger partial charge in [0.15, 0.2) is 5.13 Å². The minimum Gasteiger partial charge on any atom is -0.382 e. The van der Waals surface area contributed by atoms with Crippen LogP contribution in [0, 0.1) is 0 Å². The molecule has 1 aromatic heterocycles. The third-order valence-corrected chi connectivity index (χ3v) is 4.97. The molecule has 1 fully saturated rings. The normalized spacial score (nSPS) is 18.5. The Morgan fingerprint density at radius 1 is 1.48 bits per heavy atom. The molecule has 118 valence electrons. The van der Waals surface area contributed by atoms with Crippen molar-refractivity contribution in [2.24, 2.45) is 0 Å². The number of carbonyl (C=O) groups excluding carboxylic acids is 1. The van der Waals surface area contributed by atoms with Crippen LogP contribution in [0.3, 0.4) is 0 Å². The Morgan fingerprint density at radius 3 is 2.81 bits per heavy atom. The summed E-state index contributed by atoms with van der Waals surface area (Å²) in [5, 5.41) is 3.83. The number of likely N-dealkylation sites (tertiary alicyclic amines) is 1. The number of hydrogen-bond acceptors (Lipinski definition) is 6. The summed E-state index contributed by atoms with van der Waals surface area (Å²) in [6.45, 7) is 10.7. The molecule has 1 aliphatic rings. The summed E-state index contributed by atoms with van der Waals surface area (Å²) >= 11 is 1.35. The highest BCUT2D eigenvalue weighted by Gasteiger charge is 2.31. The summed E-state index contributed by atoms with van der Waals surface area (Å²) < 4.78 is 0. The maximum absolute atomic E-state index is 12.6. The van der Waals surface area contributed by atoms with Crippen molar-refractivity contribution in [2.45, 2.75) is 33.2 Å². The zero-order chi connectivity index (χ0) is 15.4. The molecule has 0 radical (unpaired) electrons. The van der Waals surface area contributed by atoms with Gasteiger partial charge in [-0.3, -0.25) is 9.69 Å². The smallest absolute Gasteiger partial charge is 0.267 e. The molecule has 0 saturated carbocycles. The topological polar surface area (TPSA) is 74.5 Å². The number of thiazole rings is 1. The number of anilines is 2. The van der Waals surface area contributed by atoms with E-state index in [2.05, 4.69) is 29.0 Å². The Kier molecular flexibility index (Phi) is 5.41. The molecule has 0 spiro atoms. The molecule has 1 unspecified atom stereocenters. The van der Waals surface area contributed by atoms with E-state index in [0.717, 1.165) is 44.3 Å². The Balaban J connectivity index is 2.04. The molecule has 1 saturated heterocycles. The Bertz CT molecular complexity index is 486. The largest absolute Gasteiger partial charge is 0.382 e. The van der Waals surface area contributed by atoms with Crippen molar-refractivity contribution < 1.29 is 4.79 Å². The predicted octanol–water partition coefficient (Wildman–Crippen LogP) is 1.71. The summed E-state index contributed by atoms with van der Waals surface area (Å²) in [6, 6.07) is 0.464. The van der Waals surface area contributed by atoms with Gasteiger partial charge >= 0.3 is 0 Å². The summed E-state index contributed by atoms with van der Waals surface area (Å²) in [5.41, 5.74) is 5.89. The zero-order valence-electron chi connectivity index (χ0n) is 13.1. The highest BCUT2D eigenvalue weighted by molar-refractivity contribution is 7.18. The number of amides is 1. The van der Waals surface area contributed by atoms with Crippen molar-refractivity contribution in [1.82, 2.24) is 14.8 Å². The second-order valence-electron chi connectivity index (χ2n) is 5.18. The van der Waals surface area contributed by atoms with Gasteiger partial charge in [0.1, 0.15) is 10.7 Å². The van der Waals surface area contributed by atoms with Gasteiger partial charge in [-0.2, -0.15) is 0 Å². The van der Waals surface area contributed by atoms with Gasteiger partial charge in [-0.15, -0.1) is 0 Å². The molecule has 1 amide bonds. The average molecular weight is 311 g/mol. The summed E-state index contributed by atoms with van der Waals surface area (Å²) in [5.74, 6) is 0.357. The molecule has 0 bridgehead atoms. The first-order valence-corrected chi connectivity index (χ1v) is 8.45. The Labute approximate surface area is 130 Å². The number of likely N-dealkylation sites (N-methyl/N-ethyl adjacent to an activating group) is 1. The number of nitrogens with two attached hydrogens (primary N) is 1. The molecule has 1 aliphatic heterocycles. The van der Waals surface area contributed by atoms with Crippen molar-refractivity contribution in [3.8, 4) is 0 Å². The van der Waals surface area contributed by atoms with Crippen LogP contribution in [0.5, 0.6) is 0 Å². The van der Waals surface area contributed by atoms with Gasteiger partial charge in [0.25, 0.3) is 5.91 Å². The standard InChI is InChI=1S/C14H25N5OS/c1-4-16-14-17-12(15)11(21-14)13(20)19-8-7-10(9-19)18(5-2)6-3/h10H,4-9,15H2,1-3H3,(H,16,17). The van der Waals surface area contributed by atoms with Gasteiger partial charge in [0.05, 0.1) is 0 Å². The lowest BCUT2D eigenvalue weighted by atomic mass is 10.2. The van der Waals surface area contributed by atoms with E-state index in [1.807, 2.05) is 11.8 Å². The van der Waals surface area contributed by atoms with Crippen LogP contribution in [0.4, 0.5) is 10.9 Å². The maximum Gasteiger partial charge on any atom is 0.267 e. The second-order valence-corrected chi connectivity index (χ2v) is 6.18. The highest BCUT2D eigenvalue weighted by atomic mass is 32.1. The van der Waals surface area contributed by atoms with Crippen molar-refractivity contribution in [3.63, 3.8) is 0 Å². The maximum atomic E-state index is 12.6. The molecule has 1 atom stereocenters. The van der Waals surface area contributed by atoms with Crippen LogP contribution in [0.15, 0.2) is 0 Å². The van der Waals surface area contributed by atoms with Crippen LogP contribution >= 0.6 is 11.3 Å². The minimum atomic E-state index is 0.0174. The molecule has 21 heavy (non-hydrogen) atoms. The number of nitrogens with zero attached hydrogens (tertiary/aromatic N) is 3. The molecule has 0 aliphatic carbocycles. The van der Waals surface area contributed by atoms with E-state index < -0.39 is 0 Å². The quantitative estimate of drug-likeness (QED) is 0.836. The molecule has 2 rings (SSSR count). The number of aromatic nitrogens is 1. The third kappa shape index (κ3) is 3.47. The number of rotatable bonds is 6. The van der Waals surface area contributed by atoms with Crippen LogP contribution in [0.2, 0.25) is 0 Å². The second kappa shape index (κ2) is 7.09. The molecule has 3 N–H and O–H groups in total. The van der Waals surface area contributed by atoms with Crippen LogP contribution in [-0.2, 0) is 0 Å². The lowest BCUT2D eigenvalue weighted by Crippen LogP contribution is -2.38. The number of hydrogen-bond donors (Lipinski definition) is 2. The lowest BCUT2D eigenvalue weighted by Gasteiger charge is -2.26. The number of nitrogens with one attached hydrogen (secondary N) is 1. The number of nitrogen functional groups attached to an aromatic ring is 1. The molecular formula is C14H25N5OS. The van der Waals surface area contributed by atoms with Gasteiger partial charge in [-0.25, -0.2) is 4.98 Å². The highest BCUT2D eigenvalue weighted by Crippen LogP contribution is 2.28. The van der Waals surface area contributed by atoms with Gasteiger partial charge in [0, 0.05) is 25.7 Å². The first-order valence-electron chi connectivity index (χ1n) is 7.64. The van der Waals surface area contributed by atoms with Crippen LogP contribution in [0.25, 0.3) is 0 Å². The molecule has 2 heterocycles. The van der Waals surface area contributed by atoms with Crippen LogP contribution in [0.1, 0.15) is 36.9 Å². The monoisotopic (exact) mass is 311 g/mol. The van der Waals surface area contributed by atoms with E-state index in [0.29, 0.717) is 16.7 Å². The lowest BCUT2D eigenvalue weighted by molar-refractivity contribution is 0.0783. The average Bonchev–Trinajstić information content (AvgIpc) is 3.07. The molecular weight excluding hydrogens is 286 g/mol. The molecule has 1 aromatic rings. The number of carbonyl (C=O) groups is 1. The van der Waals surface area contributed by atoms with Crippen molar-refractivity contribution in [2.75, 3.05) is 43.8 Å². The third-order valence-electron chi connectivity index (χ3n) is 3.95. The van der Waals surface area contributed by atoms with E-state index in [9.17, 15) is 4.79 Å².